The quantitative estimate of drug-likeness (QED) is 0.778. The normalized spacial score (nSPS) is 16.9. The highest BCUT2D eigenvalue weighted by Crippen LogP contribution is 2.22. The van der Waals surface area contributed by atoms with Crippen LogP contribution in [0.1, 0.15) is 44.1 Å². The molecule has 0 saturated heterocycles. The number of fused-ring (bicyclic) bond motifs is 1. The number of aryl methyl sites for hydroxylation is 2. The molecule has 1 aromatic carbocycles. The Morgan fingerprint density at radius 1 is 1.14 bits per heavy atom. The Kier molecular flexibility index (Phi) is 4.64. The van der Waals surface area contributed by atoms with Gasteiger partial charge in [0.25, 0.3) is 0 Å². The summed E-state index contributed by atoms with van der Waals surface area (Å²) in [6, 6.07) is 9.83. The fourth-order valence-electron chi connectivity index (χ4n) is 3.71. The molecule has 0 aliphatic heterocycles. The van der Waals surface area contributed by atoms with Crippen molar-refractivity contribution in [2.45, 2.75) is 58.0 Å². The van der Waals surface area contributed by atoms with Crippen LogP contribution < -0.4 is 0 Å². The summed E-state index contributed by atoms with van der Waals surface area (Å²) in [7, 11) is 2.31. The molecule has 114 valence electrons. The molecular formula is C19H28N2. The summed E-state index contributed by atoms with van der Waals surface area (Å²) in [6.45, 7) is 4.51. The zero-order chi connectivity index (χ0) is 14.7. The van der Waals surface area contributed by atoms with Crippen LogP contribution in [0, 0.1) is 6.92 Å². The lowest BCUT2D eigenvalue weighted by Crippen LogP contribution is -2.34. The Hall–Kier alpha value is -1.28. The maximum Gasteiger partial charge on any atom is 0.0480 e. The van der Waals surface area contributed by atoms with Crippen LogP contribution in [0.25, 0.3) is 10.9 Å². The van der Waals surface area contributed by atoms with E-state index in [-0.39, 0.29) is 0 Å². The van der Waals surface area contributed by atoms with Crippen LogP contribution in [0.2, 0.25) is 0 Å². The van der Waals surface area contributed by atoms with E-state index in [9.17, 15) is 0 Å². The van der Waals surface area contributed by atoms with E-state index in [4.69, 9.17) is 0 Å². The van der Waals surface area contributed by atoms with Gasteiger partial charge in [0.05, 0.1) is 0 Å². The number of hydrogen-bond donors (Lipinski definition) is 0. The molecule has 1 aromatic heterocycles. The Labute approximate surface area is 128 Å². The predicted molar refractivity (Wildman–Crippen MR) is 90.8 cm³/mol. The second-order valence-corrected chi connectivity index (χ2v) is 6.70. The third kappa shape index (κ3) is 3.49. The van der Waals surface area contributed by atoms with Crippen molar-refractivity contribution in [3.05, 3.63) is 36.0 Å². The van der Waals surface area contributed by atoms with Crippen molar-refractivity contribution in [3.63, 3.8) is 0 Å². The summed E-state index contributed by atoms with van der Waals surface area (Å²) < 4.78 is 2.41. The van der Waals surface area contributed by atoms with Gasteiger partial charge in [-0.3, -0.25) is 0 Å². The molecule has 1 aliphatic rings. The van der Waals surface area contributed by atoms with Gasteiger partial charge < -0.3 is 9.47 Å². The van der Waals surface area contributed by atoms with Crippen molar-refractivity contribution in [1.82, 2.24) is 9.47 Å². The van der Waals surface area contributed by atoms with Crippen molar-refractivity contribution in [2.75, 3.05) is 13.6 Å². The second-order valence-electron chi connectivity index (χ2n) is 6.70. The summed E-state index contributed by atoms with van der Waals surface area (Å²) >= 11 is 0. The molecule has 1 saturated carbocycles. The van der Waals surface area contributed by atoms with Crippen molar-refractivity contribution < 1.29 is 0 Å². The van der Waals surface area contributed by atoms with Crippen LogP contribution in [-0.4, -0.2) is 29.1 Å². The van der Waals surface area contributed by atoms with E-state index in [1.807, 2.05) is 0 Å². The molecule has 0 bridgehead atoms. The zero-order valence-electron chi connectivity index (χ0n) is 13.5. The van der Waals surface area contributed by atoms with Gasteiger partial charge in [-0.1, -0.05) is 30.9 Å². The van der Waals surface area contributed by atoms with Crippen molar-refractivity contribution >= 4 is 10.9 Å². The highest BCUT2D eigenvalue weighted by molar-refractivity contribution is 5.80. The van der Waals surface area contributed by atoms with Crippen LogP contribution >= 0.6 is 0 Å². The highest BCUT2D eigenvalue weighted by Gasteiger charge is 2.17. The molecule has 2 nitrogen and oxygen atoms in total. The van der Waals surface area contributed by atoms with Crippen LogP contribution in [-0.2, 0) is 6.54 Å². The first-order valence-corrected chi connectivity index (χ1v) is 8.50. The van der Waals surface area contributed by atoms with Gasteiger partial charge in [-0.25, -0.2) is 0 Å². The first kappa shape index (κ1) is 14.6. The minimum Gasteiger partial charge on any atom is -0.347 e. The molecule has 0 amide bonds. The second kappa shape index (κ2) is 6.65. The standard InChI is InChI=1S/C19H28N2/c1-16-9-10-19-17(15-16)11-14-21(19)13-6-12-20(2)18-7-4-3-5-8-18/h9-11,14-15,18H,3-8,12-13H2,1-2H3. The molecule has 1 fully saturated rings. The molecule has 2 aromatic rings. The molecule has 21 heavy (non-hydrogen) atoms. The molecule has 0 atom stereocenters. The fraction of sp³-hybridized carbons (Fsp3) is 0.579. The minimum atomic E-state index is 0.836. The molecule has 0 spiro atoms. The topological polar surface area (TPSA) is 8.17 Å². The van der Waals surface area contributed by atoms with Crippen LogP contribution in [0.15, 0.2) is 30.5 Å². The van der Waals surface area contributed by atoms with Gasteiger partial charge in [0.15, 0.2) is 0 Å². The van der Waals surface area contributed by atoms with Crippen LogP contribution in [0.4, 0.5) is 0 Å². The molecule has 0 N–H and O–H groups in total. The first-order chi connectivity index (χ1) is 10.2. The Bertz CT molecular complexity index is 578. The maximum atomic E-state index is 2.59. The van der Waals surface area contributed by atoms with Crippen LogP contribution in [0.5, 0.6) is 0 Å². The van der Waals surface area contributed by atoms with E-state index in [0.29, 0.717) is 0 Å². The van der Waals surface area contributed by atoms with Gasteiger partial charge >= 0.3 is 0 Å². The third-order valence-electron chi connectivity index (χ3n) is 5.03. The summed E-state index contributed by atoms with van der Waals surface area (Å²) in [6.07, 6.45) is 10.6. The lowest BCUT2D eigenvalue weighted by atomic mass is 9.94. The van der Waals surface area contributed by atoms with Gasteiger partial charge in [-0.05, 0) is 63.4 Å². The van der Waals surface area contributed by atoms with E-state index < -0.39 is 0 Å². The summed E-state index contributed by atoms with van der Waals surface area (Å²) in [4.78, 5) is 2.59. The SMILES string of the molecule is Cc1ccc2c(ccn2CCCN(C)C2CCCCC2)c1. The summed E-state index contributed by atoms with van der Waals surface area (Å²) in [5.41, 5.74) is 2.72. The van der Waals surface area contributed by atoms with Crippen molar-refractivity contribution in [3.8, 4) is 0 Å². The van der Waals surface area contributed by atoms with E-state index in [1.54, 1.807) is 0 Å². The fourth-order valence-corrected chi connectivity index (χ4v) is 3.71. The number of nitrogens with zero attached hydrogens (tertiary/aromatic N) is 2. The van der Waals surface area contributed by atoms with Gasteiger partial charge in [-0.15, -0.1) is 0 Å². The van der Waals surface area contributed by atoms with Gasteiger partial charge in [0, 0.05) is 24.3 Å². The summed E-state index contributed by atoms with van der Waals surface area (Å²) in [5.74, 6) is 0. The maximum absolute atomic E-state index is 2.59. The number of rotatable bonds is 5. The molecule has 1 aliphatic carbocycles. The largest absolute Gasteiger partial charge is 0.347 e. The van der Waals surface area contributed by atoms with Crippen molar-refractivity contribution in [1.29, 1.82) is 0 Å². The number of benzene rings is 1. The third-order valence-corrected chi connectivity index (χ3v) is 5.03. The molecule has 1 heterocycles. The predicted octanol–water partition coefficient (Wildman–Crippen LogP) is 4.60. The molecular weight excluding hydrogens is 256 g/mol. The Morgan fingerprint density at radius 2 is 1.95 bits per heavy atom. The van der Waals surface area contributed by atoms with Gasteiger partial charge in [-0.2, -0.15) is 0 Å². The van der Waals surface area contributed by atoms with Crippen molar-refractivity contribution in [2.24, 2.45) is 0 Å². The molecule has 0 unspecified atom stereocenters. The van der Waals surface area contributed by atoms with E-state index in [0.717, 1.165) is 12.6 Å². The zero-order valence-corrected chi connectivity index (χ0v) is 13.5. The van der Waals surface area contributed by atoms with Gasteiger partial charge in [0.2, 0.25) is 0 Å². The van der Waals surface area contributed by atoms with Gasteiger partial charge in [0.1, 0.15) is 0 Å². The molecule has 3 rings (SSSR count). The minimum absolute atomic E-state index is 0.836. The average molecular weight is 284 g/mol. The summed E-state index contributed by atoms with van der Waals surface area (Å²) in [5, 5.41) is 1.37. The van der Waals surface area contributed by atoms with E-state index in [2.05, 4.69) is 53.9 Å². The monoisotopic (exact) mass is 284 g/mol. The molecule has 0 radical (unpaired) electrons. The van der Waals surface area contributed by atoms with E-state index in [1.165, 1.54) is 61.5 Å². The van der Waals surface area contributed by atoms with E-state index >= 15 is 0 Å². The average Bonchev–Trinajstić information content (AvgIpc) is 2.90. The number of hydrogen-bond acceptors (Lipinski definition) is 1. The smallest absolute Gasteiger partial charge is 0.0480 e. The Balaban J connectivity index is 1.54. The first-order valence-electron chi connectivity index (χ1n) is 8.50. The lowest BCUT2D eigenvalue weighted by Gasteiger charge is -2.31. The van der Waals surface area contributed by atoms with Crippen LogP contribution in [0.3, 0.4) is 0 Å². The number of aromatic nitrogens is 1. The highest BCUT2D eigenvalue weighted by atomic mass is 15.1. The lowest BCUT2D eigenvalue weighted by molar-refractivity contribution is 0.188. The Morgan fingerprint density at radius 3 is 2.76 bits per heavy atom. The molecule has 2 heteroatoms.